The number of hydrogen-bond donors (Lipinski definition) is 2. The van der Waals surface area contributed by atoms with Crippen LogP contribution in [0.3, 0.4) is 0 Å². The third-order valence-electron chi connectivity index (χ3n) is 4.02. The number of amides is 1. The predicted octanol–water partition coefficient (Wildman–Crippen LogP) is 3.75. The molecule has 0 radical (unpaired) electrons. The van der Waals surface area contributed by atoms with Crippen LogP contribution in [-0.2, 0) is 10.9 Å². The third kappa shape index (κ3) is 4.72. The molecule has 1 amide bonds. The number of aromatic nitrogens is 1. The van der Waals surface area contributed by atoms with Gasteiger partial charge in [-0.2, -0.15) is 13.2 Å². The van der Waals surface area contributed by atoms with E-state index in [0.717, 1.165) is 25.0 Å². The van der Waals surface area contributed by atoms with Crippen LogP contribution < -0.4 is 10.6 Å². The largest absolute Gasteiger partial charge is 0.416 e. The van der Waals surface area contributed by atoms with E-state index in [-0.39, 0.29) is 12.0 Å². The first kappa shape index (κ1) is 18.2. The third-order valence-corrected chi connectivity index (χ3v) is 4.02. The summed E-state index contributed by atoms with van der Waals surface area (Å²) in [5, 5.41) is 5.74. The van der Waals surface area contributed by atoms with Gasteiger partial charge in [0.25, 0.3) is 5.91 Å². The van der Waals surface area contributed by atoms with Crippen LogP contribution in [0.2, 0.25) is 0 Å². The maximum atomic E-state index is 12.6. The maximum absolute atomic E-state index is 12.6. The summed E-state index contributed by atoms with van der Waals surface area (Å²) in [7, 11) is 0. The topological polar surface area (TPSA) is 63.2 Å². The lowest BCUT2D eigenvalue weighted by atomic mass is 10.2. The van der Waals surface area contributed by atoms with E-state index in [1.54, 1.807) is 6.07 Å². The highest BCUT2D eigenvalue weighted by Gasteiger charge is 2.29. The Morgan fingerprint density at radius 1 is 1.19 bits per heavy atom. The lowest BCUT2D eigenvalue weighted by molar-refractivity contribution is -0.137. The average Bonchev–Trinajstić information content (AvgIpc) is 3.13. The van der Waals surface area contributed by atoms with Gasteiger partial charge in [0.2, 0.25) is 0 Å². The van der Waals surface area contributed by atoms with Crippen molar-refractivity contribution in [3.63, 3.8) is 0 Å². The molecule has 3 rings (SSSR count). The quantitative estimate of drug-likeness (QED) is 0.847. The summed E-state index contributed by atoms with van der Waals surface area (Å²) >= 11 is 0. The van der Waals surface area contributed by atoms with Crippen LogP contribution in [0, 0.1) is 0 Å². The van der Waals surface area contributed by atoms with Crippen molar-refractivity contribution in [2.24, 2.45) is 0 Å². The van der Waals surface area contributed by atoms with E-state index in [0.29, 0.717) is 30.1 Å². The highest BCUT2D eigenvalue weighted by atomic mass is 19.4. The summed E-state index contributed by atoms with van der Waals surface area (Å²) < 4.78 is 43.2. The van der Waals surface area contributed by atoms with Gasteiger partial charge in [0, 0.05) is 25.0 Å². The number of ether oxygens (including phenoxy) is 1. The molecule has 1 saturated heterocycles. The number of nitrogens with one attached hydrogen (secondary N) is 2. The highest BCUT2D eigenvalue weighted by molar-refractivity contribution is 5.94. The maximum Gasteiger partial charge on any atom is 0.416 e. The molecule has 1 aromatic carbocycles. The van der Waals surface area contributed by atoms with Gasteiger partial charge < -0.3 is 15.4 Å². The lowest BCUT2D eigenvalue weighted by Gasteiger charge is -2.12. The molecule has 138 valence electrons. The van der Waals surface area contributed by atoms with E-state index >= 15 is 0 Å². The smallest absolute Gasteiger partial charge is 0.376 e. The van der Waals surface area contributed by atoms with E-state index < -0.39 is 11.7 Å². The zero-order valence-electron chi connectivity index (χ0n) is 13.8. The van der Waals surface area contributed by atoms with Gasteiger partial charge in [0.1, 0.15) is 0 Å². The highest BCUT2D eigenvalue weighted by Crippen LogP contribution is 2.30. The Bertz CT molecular complexity index is 757. The number of benzene rings is 1. The van der Waals surface area contributed by atoms with Gasteiger partial charge in [0.15, 0.2) is 0 Å². The number of hydrogen-bond acceptors (Lipinski definition) is 4. The summed E-state index contributed by atoms with van der Waals surface area (Å²) in [6, 6.07) is 6.23. The van der Waals surface area contributed by atoms with Crippen LogP contribution in [-0.4, -0.2) is 30.1 Å². The first-order chi connectivity index (χ1) is 12.4. The summed E-state index contributed by atoms with van der Waals surface area (Å²) in [4.78, 5) is 16.2. The molecule has 5 nitrogen and oxygen atoms in total. The molecule has 2 aromatic rings. The number of alkyl halides is 3. The fourth-order valence-corrected chi connectivity index (χ4v) is 2.66. The molecular formula is C18H18F3N3O2. The molecule has 1 aliphatic heterocycles. The predicted molar refractivity (Wildman–Crippen MR) is 90.3 cm³/mol. The Hall–Kier alpha value is -2.61. The second-order valence-electron chi connectivity index (χ2n) is 6.01. The molecule has 1 atom stereocenters. The van der Waals surface area contributed by atoms with Crippen LogP contribution in [0.5, 0.6) is 0 Å². The zero-order valence-corrected chi connectivity index (χ0v) is 13.8. The Morgan fingerprint density at radius 3 is 2.62 bits per heavy atom. The second kappa shape index (κ2) is 7.74. The number of halogens is 3. The fraction of sp³-hybridized carbons (Fsp3) is 0.333. The van der Waals surface area contributed by atoms with Crippen LogP contribution in [0.25, 0.3) is 0 Å². The summed E-state index contributed by atoms with van der Waals surface area (Å²) in [5.74, 6) is -0.274. The number of anilines is 2. The minimum absolute atomic E-state index is 0.0420. The lowest BCUT2D eigenvalue weighted by Crippen LogP contribution is -2.31. The van der Waals surface area contributed by atoms with E-state index in [1.165, 1.54) is 24.5 Å². The Morgan fingerprint density at radius 2 is 1.96 bits per heavy atom. The molecule has 0 saturated carbocycles. The van der Waals surface area contributed by atoms with E-state index in [1.807, 2.05) is 0 Å². The van der Waals surface area contributed by atoms with Crippen molar-refractivity contribution in [3.05, 3.63) is 53.9 Å². The first-order valence-electron chi connectivity index (χ1n) is 8.21. The zero-order chi connectivity index (χ0) is 18.6. The van der Waals surface area contributed by atoms with Crippen LogP contribution >= 0.6 is 0 Å². The van der Waals surface area contributed by atoms with Crippen LogP contribution in [0.4, 0.5) is 24.5 Å². The SMILES string of the molecule is O=C(NCC1CCCO1)c1cncc(Nc2ccc(C(F)(F)F)cc2)c1. The monoisotopic (exact) mass is 365 g/mol. The number of rotatable bonds is 5. The normalized spacial score (nSPS) is 17.1. The van der Waals surface area contributed by atoms with E-state index in [9.17, 15) is 18.0 Å². The Labute approximate surface area is 148 Å². The summed E-state index contributed by atoms with van der Waals surface area (Å²) in [6.07, 6.45) is 0.515. The van der Waals surface area contributed by atoms with Gasteiger partial charge >= 0.3 is 6.18 Å². The van der Waals surface area contributed by atoms with Crippen molar-refractivity contribution >= 4 is 17.3 Å². The van der Waals surface area contributed by atoms with Crippen molar-refractivity contribution in [1.29, 1.82) is 0 Å². The van der Waals surface area contributed by atoms with E-state index in [2.05, 4.69) is 15.6 Å². The molecule has 8 heteroatoms. The van der Waals surface area contributed by atoms with Gasteiger partial charge in [-0.3, -0.25) is 9.78 Å². The second-order valence-corrected chi connectivity index (χ2v) is 6.01. The van der Waals surface area contributed by atoms with Gasteiger partial charge in [0.05, 0.1) is 29.1 Å². The molecule has 1 unspecified atom stereocenters. The van der Waals surface area contributed by atoms with Crippen molar-refractivity contribution in [1.82, 2.24) is 10.3 Å². The molecule has 0 bridgehead atoms. The number of nitrogens with zero attached hydrogens (tertiary/aromatic N) is 1. The number of carbonyl (C=O) groups excluding carboxylic acids is 1. The standard InChI is InChI=1S/C18H18F3N3O2/c19-18(20,21)13-3-5-14(6-4-13)24-15-8-12(9-22-10-15)17(25)23-11-16-2-1-7-26-16/h3-6,8-10,16,24H,1-2,7,11H2,(H,23,25). The van der Waals surface area contributed by atoms with Crippen molar-refractivity contribution in [2.45, 2.75) is 25.1 Å². The van der Waals surface area contributed by atoms with Crippen LogP contribution in [0.1, 0.15) is 28.8 Å². The molecular weight excluding hydrogens is 347 g/mol. The Balaban J connectivity index is 1.62. The average molecular weight is 365 g/mol. The Kier molecular flexibility index (Phi) is 5.41. The van der Waals surface area contributed by atoms with Gasteiger partial charge in [-0.25, -0.2) is 0 Å². The molecule has 2 heterocycles. The van der Waals surface area contributed by atoms with Crippen molar-refractivity contribution in [3.8, 4) is 0 Å². The fourth-order valence-electron chi connectivity index (χ4n) is 2.66. The van der Waals surface area contributed by atoms with Gasteiger partial charge in [-0.05, 0) is 43.2 Å². The molecule has 26 heavy (non-hydrogen) atoms. The number of carbonyl (C=O) groups is 1. The first-order valence-corrected chi connectivity index (χ1v) is 8.21. The molecule has 0 spiro atoms. The molecule has 2 N–H and O–H groups in total. The van der Waals surface area contributed by atoms with Crippen molar-refractivity contribution < 1.29 is 22.7 Å². The summed E-state index contributed by atoms with van der Waals surface area (Å²) in [5.41, 5.74) is 0.620. The summed E-state index contributed by atoms with van der Waals surface area (Å²) in [6.45, 7) is 1.16. The van der Waals surface area contributed by atoms with Crippen LogP contribution in [0.15, 0.2) is 42.7 Å². The number of pyridine rings is 1. The molecule has 1 aliphatic rings. The molecule has 1 fully saturated rings. The van der Waals surface area contributed by atoms with Gasteiger partial charge in [-0.15, -0.1) is 0 Å². The van der Waals surface area contributed by atoms with E-state index in [4.69, 9.17) is 4.74 Å². The molecule has 1 aromatic heterocycles. The minimum atomic E-state index is -4.37. The van der Waals surface area contributed by atoms with Crippen molar-refractivity contribution in [2.75, 3.05) is 18.5 Å². The minimum Gasteiger partial charge on any atom is -0.376 e. The van der Waals surface area contributed by atoms with Gasteiger partial charge in [-0.1, -0.05) is 0 Å². The molecule has 0 aliphatic carbocycles.